The topological polar surface area (TPSA) is 68.0 Å². The van der Waals surface area contributed by atoms with Crippen molar-refractivity contribution in [3.63, 3.8) is 0 Å². The predicted molar refractivity (Wildman–Crippen MR) is 82.1 cm³/mol. The minimum absolute atomic E-state index is 0.000682. The molecule has 1 atom stereocenters. The molecule has 1 amide bonds. The molecule has 0 fully saturated rings. The SMILES string of the molecule is CC(C)c1ccc([C@@H]2CC(=O)Nc3nc(N)sc32)cc1. The molecule has 3 rings (SSSR count). The first kappa shape index (κ1) is 13.1. The highest BCUT2D eigenvalue weighted by Crippen LogP contribution is 2.41. The number of nitrogens with zero attached hydrogens (tertiary/aromatic N) is 1. The number of hydrogen-bond acceptors (Lipinski definition) is 4. The van der Waals surface area contributed by atoms with Crippen LogP contribution in [0.15, 0.2) is 24.3 Å². The second-order valence-electron chi connectivity index (χ2n) is 5.39. The smallest absolute Gasteiger partial charge is 0.226 e. The number of fused-ring (bicyclic) bond motifs is 1. The van der Waals surface area contributed by atoms with Crippen LogP contribution in [0, 0.1) is 0 Å². The number of rotatable bonds is 2. The molecule has 0 spiro atoms. The summed E-state index contributed by atoms with van der Waals surface area (Å²) in [5.74, 6) is 1.20. The van der Waals surface area contributed by atoms with Gasteiger partial charge in [-0.15, -0.1) is 0 Å². The van der Waals surface area contributed by atoms with E-state index in [0.717, 1.165) is 10.4 Å². The van der Waals surface area contributed by atoms with Crippen LogP contribution in [0.2, 0.25) is 0 Å². The van der Waals surface area contributed by atoms with Gasteiger partial charge in [0.05, 0.1) is 4.88 Å². The lowest BCUT2D eigenvalue weighted by molar-refractivity contribution is -0.116. The molecule has 0 radical (unpaired) electrons. The monoisotopic (exact) mass is 287 g/mol. The van der Waals surface area contributed by atoms with E-state index in [9.17, 15) is 4.79 Å². The number of hydrogen-bond donors (Lipinski definition) is 2. The van der Waals surface area contributed by atoms with Crippen molar-refractivity contribution in [3.05, 3.63) is 40.3 Å². The molecule has 2 heterocycles. The summed E-state index contributed by atoms with van der Waals surface area (Å²) >= 11 is 1.46. The quantitative estimate of drug-likeness (QED) is 0.890. The van der Waals surface area contributed by atoms with Gasteiger partial charge < -0.3 is 11.1 Å². The molecule has 3 N–H and O–H groups in total. The summed E-state index contributed by atoms with van der Waals surface area (Å²) in [7, 11) is 0. The van der Waals surface area contributed by atoms with Gasteiger partial charge in [0.2, 0.25) is 5.91 Å². The van der Waals surface area contributed by atoms with Crippen molar-refractivity contribution in [2.24, 2.45) is 0 Å². The van der Waals surface area contributed by atoms with Crippen molar-refractivity contribution in [2.45, 2.75) is 32.1 Å². The zero-order chi connectivity index (χ0) is 14.3. The van der Waals surface area contributed by atoms with Gasteiger partial charge >= 0.3 is 0 Å². The van der Waals surface area contributed by atoms with Gasteiger partial charge in [0, 0.05) is 12.3 Å². The first-order valence-corrected chi connectivity index (χ1v) is 7.52. The lowest BCUT2D eigenvalue weighted by atomic mass is 9.90. The number of carbonyl (C=O) groups excluding carboxylic acids is 1. The highest BCUT2D eigenvalue weighted by molar-refractivity contribution is 7.16. The van der Waals surface area contributed by atoms with Crippen molar-refractivity contribution < 1.29 is 4.79 Å². The second-order valence-corrected chi connectivity index (χ2v) is 6.45. The van der Waals surface area contributed by atoms with Crippen molar-refractivity contribution >= 4 is 28.2 Å². The molecule has 4 nitrogen and oxygen atoms in total. The maximum absolute atomic E-state index is 11.8. The number of thiazole rings is 1. The average Bonchev–Trinajstić information content (AvgIpc) is 2.78. The zero-order valence-electron chi connectivity index (χ0n) is 11.5. The molecule has 2 aromatic rings. The number of nitrogens with one attached hydrogen (secondary N) is 1. The van der Waals surface area contributed by atoms with Gasteiger partial charge in [0.15, 0.2) is 5.13 Å². The highest BCUT2D eigenvalue weighted by Gasteiger charge is 2.29. The molecular formula is C15H17N3OS. The minimum atomic E-state index is 0.000682. The number of carbonyl (C=O) groups is 1. The molecule has 0 unspecified atom stereocenters. The Bertz CT molecular complexity index is 646. The molecule has 0 saturated heterocycles. The molecule has 1 aliphatic rings. The van der Waals surface area contributed by atoms with E-state index in [1.165, 1.54) is 16.9 Å². The number of benzene rings is 1. The Morgan fingerprint density at radius 3 is 2.70 bits per heavy atom. The van der Waals surface area contributed by atoms with Crippen LogP contribution in [0.5, 0.6) is 0 Å². The van der Waals surface area contributed by atoms with Crippen molar-refractivity contribution in [1.82, 2.24) is 4.98 Å². The molecule has 0 aliphatic carbocycles. The van der Waals surface area contributed by atoms with E-state index in [4.69, 9.17) is 5.73 Å². The fraction of sp³-hybridized carbons (Fsp3) is 0.333. The second kappa shape index (κ2) is 4.90. The fourth-order valence-electron chi connectivity index (χ4n) is 2.52. The normalized spacial score (nSPS) is 17.9. The molecule has 0 saturated carbocycles. The van der Waals surface area contributed by atoms with Crippen LogP contribution in [0.1, 0.15) is 48.1 Å². The Kier molecular flexibility index (Phi) is 3.22. The molecule has 5 heteroatoms. The molecular weight excluding hydrogens is 270 g/mol. The van der Waals surface area contributed by atoms with Gasteiger partial charge in [-0.1, -0.05) is 49.4 Å². The maximum atomic E-state index is 11.8. The molecule has 1 aliphatic heterocycles. The minimum Gasteiger partial charge on any atom is -0.375 e. The van der Waals surface area contributed by atoms with E-state index < -0.39 is 0 Å². The van der Waals surface area contributed by atoms with Gasteiger partial charge in [-0.05, 0) is 17.0 Å². The lowest BCUT2D eigenvalue weighted by Crippen LogP contribution is -2.22. The van der Waals surface area contributed by atoms with E-state index in [1.807, 2.05) is 0 Å². The third kappa shape index (κ3) is 2.29. The molecule has 20 heavy (non-hydrogen) atoms. The van der Waals surface area contributed by atoms with E-state index in [0.29, 0.717) is 23.3 Å². The van der Waals surface area contributed by atoms with Gasteiger partial charge in [-0.3, -0.25) is 4.79 Å². The summed E-state index contributed by atoms with van der Waals surface area (Å²) in [5, 5.41) is 3.29. The fourth-order valence-corrected chi connectivity index (χ4v) is 3.44. The third-order valence-corrected chi connectivity index (χ3v) is 4.64. The average molecular weight is 287 g/mol. The molecule has 1 aromatic heterocycles. The van der Waals surface area contributed by atoms with Crippen molar-refractivity contribution in [1.29, 1.82) is 0 Å². The maximum Gasteiger partial charge on any atom is 0.226 e. The van der Waals surface area contributed by atoms with Crippen LogP contribution in [0.4, 0.5) is 10.9 Å². The van der Waals surface area contributed by atoms with Crippen LogP contribution >= 0.6 is 11.3 Å². The van der Waals surface area contributed by atoms with Crippen molar-refractivity contribution in [2.75, 3.05) is 11.1 Å². The predicted octanol–water partition coefficient (Wildman–Crippen LogP) is 3.32. The molecule has 0 bridgehead atoms. The van der Waals surface area contributed by atoms with Gasteiger partial charge in [-0.2, -0.15) is 0 Å². The number of nitrogens with two attached hydrogens (primary N) is 1. The van der Waals surface area contributed by atoms with Crippen LogP contribution in [-0.2, 0) is 4.79 Å². The number of nitrogen functional groups attached to an aromatic ring is 1. The summed E-state index contributed by atoms with van der Waals surface area (Å²) < 4.78 is 0. The van der Waals surface area contributed by atoms with E-state index in [2.05, 4.69) is 48.4 Å². The van der Waals surface area contributed by atoms with Crippen LogP contribution in [0.25, 0.3) is 0 Å². The summed E-state index contributed by atoms with van der Waals surface area (Å²) in [6.45, 7) is 4.34. The first-order chi connectivity index (χ1) is 9.54. The third-order valence-electron chi connectivity index (χ3n) is 3.64. The molecule has 104 valence electrons. The number of aromatic nitrogens is 1. The zero-order valence-corrected chi connectivity index (χ0v) is 12.3. The molecule has 1 aromatic carbocycles. The summed E-state index contributed by atoms with van der Waals surface area (Å²) in [6.07, 6.45) is 0.454. The van der Waals surface area contributed by atoms with Gasteiger partial charge in [-0.25, -0.2) is 4.98 Å². The van der Waals surface area contributed by atoms with Crippen LogP contribution in [-0.4, -0.2) is 10.9 Å². The standard InChI is InChI=1S/C15H17N3OS/c1-8(2)9-3-5-10(6-4-9)11-7-12(19)17-14-13(11)20-15(16)18-14/h3-6,8,11H,7H2,1-2H3,(H2,16,18)(H,17,19)/t11-/m0/s1. The Hall–Kier alpha value is -1.88. The Morgan fingerprint density at radius 1 is 1.35 bits per heavy atom. The Labute approximate surface area is 122 Å². The Balaban J connectivity index is 1.99. The number of amides is 1. The van der Waals surface area contributed by atoms with Crippen LogP contribution in [0.3, 0.4) is 0 Å². The summed E-state index contributed by atoms with van der Waals surface area (Å²) in [6, 6.07) is 8.49. The Morgan fingerprint density at radius 2 is 2.05 bits per heavy atom. The summed E-state index contributed by atoms with van der Waals surface area (Å²) in [4.78, 5) is 17.0. The van der Waals surface area contributed by atoms with Crippen LogP contribution < -0.4 is 11.1 Å². The summed E-state index contributed by atoms with van der Waals surface area (Å²) in [5.41, 5.74) is 8.22. The highest BCUT2D eigenvalue weighted by atomic mass is 32.1. The number of anilines is 2. The van der Waals surface area contributed by atoms with Crippen molar-refractivity contribution in [3.8, 4) is 0 Å². The first-order valence-electron chi connectivity index (χ1n) is 6.70. The van der Waals surface area contributed by atoms with Gasteiger partial charge in [0.25, 0.3) is 0 Å². The van der Waals surface area contributed by atoms with E-state index >= 15 is 0 Å². The lowest BCUT2D eigenvalue weighted by Gasteiger charge is -2.22. The largest absolute Gasteiger partial charge is 0.375 e. The van der Waals surface area contributed by atoms with E-state index in [-0.39, 0.29) is 11.8 Å². The van der Waals surface area contributed by atoms with Gasteiger partial charge in [0.1, 0.15) is 5.82 Å². The van der Waals surface area contributed by atoms with E-state index in [1.54, 1.807) is 0 Å².